The lowest BCUT2D eigenvalue weighted by Gasteiger charge is -2.45. The molecule has 0 spiro atoms. The topological polar surface area (TPSA) is 199 Å². The van der Waals surface area contributed by atoms with Crippen LogP contribution in [0.1, 0.15) is 0 Å². The first-order chi connectivity index (χ1) is 11.8. The number of hydrogen-bond donors (Lipinski definition) is 7. The minimum atomic E-state index is -1.74. The highest BCUT2D eigenvalue weighted by Gasteiger charge is 2.50. The highest BCUT2D eigenvalue weighted by atomic mass is 16.7. The molecule has 0 amide bonds. The SMILES string of the molecule is O=C=NC1O[C@H](CO)[C@@H](O[C@@H]2O[C@H](CO)[C@H](O)[C@H](O)[C@H]2O)[C@H](O)[C@H]1O. The summed E-state index contributed by atoms with van der Waals surface area (Å²) in [4.78, 5) is 13.5. The van der Waals surface area contributed by atoms with Gasteiger partial charge in [0.2, 0.25) is 6.08 Å². The van der Waals surface area contributed by atoms with Gasteiger partial charge in [0, 0.05) is 0 Å². The highest BCUT2D eigenvalue weighted by Crippen LogP contribution is 2.29. The lowest BCUT2D eigenvalue weighted by Crippen LogP contribution is -2.64. The van der Waals surface area contributed by atoms with Crippen molar-refractivity contribution in [3.8, 4) is 0 Å². The number of rotatable bonds is 5. The molecule has 2 aliphatic rings. The standard InChI is InChI=1S/C13H21NO11/c15-1-4-6(18)7(19)10(22)13(24-4)25-11-5(2-16)23-12(14-3-17)9(21)8(11)20/h4-13,15-16,18-22H,1-2H2/t4-,5-,6+,7+,8-,9-,10-,11-,12?,13+/m1/s1. The number of aliphatic hydroxyl groups excluding tert-OH is 7. The third-order valence-electron chi connectivity index (χ3n) is 4.16. The van der Waals surface area contributed by atoms with Crippen LogP contribution in [0.3, 0.4) is 0 Å². The van der Waals surface area contributed by atoms with Crippen LogP contribution in [-0.4, -0.2) is 116 Å². The van der Waals surface area contributed by atoms with E-state index in [1.54, 1.807) is 0 Å². The van der Waals surface area contributed by atoms with Crippen LogP contribution in [0.15, 0.2) is 4.99 Å². The Kier molecular flexibility index (Phi) is 6.96. The molecule has 12 nitrogen and oxygen atoms in total. The molecule has 1 unspecified atom stereocenters. The summed E-state index contributed by atoms with van der Waals surface area (Å²) in [5.41, 5.74) is 0. The van der Waals surface area contributed by atoms with E-state index in [-0.39, 0.29) is 0 Å². The van der Waals surface area contributed by atoms with Crippen LogP contribution in [-0.2, 0) is 19.0 Å². The van der Waals surface area contributed by atoms with E-state index in [1.807, 2.05) is 0 Å². The second-order valence-corrected chi connectivity index (χ2v) is 5.75. The van der Waals surface area contributed by atoms with Gasteiger partial charge in [-0.15, -0.1) is 0 Å². The number of isocyanates is 1. The fraction of sp³-hybridized carbons (Fsp3) is 0.923. The van der Waals surface area contributed by atoms with E-state index in [2.05, 4.69) is 4.99 Å². The van der Waals surface area contributed by atoms with Crippen LogP contribution < -0.4 is 0 Å². The molecule has 0 radical (unpaired) electrons. The van der Waals surface area contributed by atoms with Gasteiger partial charge in [0.25, 0.3) is 0 Å². The van der Waals surface area contributed by atoms with Crippen molar-refractivity contribution in [1.82, 2.24) is 0 Å². The van der Waals surface area contributed by atoms with Crippen molar-refractivity contribution in [3.05, 3.63) is 0 Å². The van der Waals surface area contributed by atoms with Gasteiger partial charge in [-0.3, -0.25) is 0 Å². The molecule has 12 heteroatoms. The minimum absolute atomic E-state index is 0.684. The predicted molar refractivity (Wildman–Crippen MR) is 74.5 cm³/mol. The molecule has 0 aromatic heterocycles. The van der Waals surface area contributed by atoms with Crippen molar-refractivity contribution < 1.29 is 54.8 Å². The molecule has 2 saturated heterocycles. The van der Waals surface area contributed by atoms with E-state index < -0.39 is 74.6 Å². The smallest absolute Gasteiger partial charge is 0.237 e. The second kappa shape index (κ2) is 8.58. The van der Waals surface area contributed by atoms with Gasteiger partial charge in [0.05, 0.1) is 13.2 Å². The highest BCUT2D eigenvalue weighted by molar-refractivity contribution is 5.33. The average molecular weight is 367 g/mol. The number of aliphatic hydroxyl groups is 7. The van der Waals surface area contributed by atoms with Gasteiger partial charge >= 0.3 is 0 Å². The van der Waals surface area contributed by atoms with Gasteiger partial charge < -0.3 is 50.0 Å². The second-order valence-electron chi connectivity index (χ2n) is 5.75. The maximum Gasteiger partial charge on any atom is 0.237 e. The monoisotopic (exact) mass is 367 g/mol. The van der Waals surface area contributed by atoms with E-state index >= 15 is 0 Å². The van der Waals surface area contributed by atoms with Crippen molar-refractivity contribution in [3.63, 3.8) is 0 Å². The van der Waals surface area contributed by atoms with Crippen LogP contribution in [0.25, 0.3) is 0 Å². The first-order valence-electron chi connectivity index (χ1n) is 7.51. The van der Waals surface area contributed by atoms with E-state index in [0.29, 0.717) is 0 Å². The molecule has 0 aromatic rings. The summed E-state index contributed by atoms with van der Waals surface area (Å²) < 4.78 is 15.6. The fourth-order valence-corrected chi connectivity index (χ4v) is 2.73. The Bertz CT molecular complexity index is 483. The van der Waals surface area contributed by atoms with Gasteiger partial charge in [0.15, 0.2) is 12.5 Å². The molecular formula is C13H21NO11. The van der Waals surface area contributed by atoms with E-state index in [4.69, 9.17) is 19.3 Å². The van der Waals surface area contributed by atoms with Gasteiger partial charge in [-0.2, -0.15) is 4.99 Å². The summed E-state index contributed by atoms with van der Waals surface area (Å²) in [5.74, 6) is 0. The predicted octanol–water partition coefficient (Wildman–Crippen LogP) is -5.05. The molecule has 7 N–H and O–H groups in total. The van der Waals surface area contributed by atoms with Gasteiger partial charge in [-0.1, -0.05) is 0 Å². The molecule has 2 heterocycles. The molecule has 25 heavy (non-hydrogen) atoms. The largest absolute Gasteiger partial charge is 0.394 e. The zero-order valence-electron chi connectivity index (χ0n) is 12.9. The maximum atomic E-state index is 10.3. The molecule has 0 aromatic carbocycles. The Labute approximate surface area is 141 Å². The summed E-state index contributed by atoms with van der Waals surface area (Å²) in [7, 11) is 0. The number of carbonyl (C=O) groups excluding carboxylic acids is 1. The van der Waals surface area contributed by atoms with Crippen LogP contribution in [0, 0.1) is 0 Å². The molecule has 144 valence electrons. The molecular weight excluding hydrogens is 346 g/mol. The third-order valence-corrected chi connectivity index (χ3v) is 4.16. The number of hydrogen-bond acceptors (Lipinski definition) is 12. The molecule has 0 bridgehead atoms. The third kappa shape index (κ3) is 4.05. The van der Waals surface area contributed by atoms with Crippen LogP contribution in [0.2, 0.25) is 0 Å². The molecule has 0 aliphatic carbocycles. The maximum absolute atomic E-state index is 10.3. The molecule has 2 aliphatic heterocycles. The van der Waals surface area contributed by atoms with Gasteiger partial charge in [0.1, 0.15) is 48.8 Å². The Morgan fingerprint density at radius 3 is 2.04 bits per heavy atom. The van der Waals surface area contributed by atoms with Crippen LogP contribution in [0.4, 0.5) is 0 Å². The lowest BCUT2D eigenvalue weighted by atomic mass is 9.96. The Hall–Kier alpha value is -1.02. The van der Waals surface area contributed by atoms with Crippen molar-refractivity contribution in [2.75, 3.05) is 13.2 Å². The average Bonchev–Trinajstić information content (AvgIpc) is 2.61. The van der Waals surface area contributed by atoms with Crippen molar-refractivity contribution in [2.45, 2.75) is 61.3 Å². The molecule has 0 saturated carbocycles. The van der Waals surface area contributed by atoms with E-state index in [9.17, 15) is 35.4 Å². The molecule has 2 rings (SSSR count). The number of aliphatic imine (C=N–C) groups is 1. The summed E-state index contributed by atoms with van der Waals surface area (Å²) in [6.07, 6.45) is -14.3. The zero-order chi connectivity index (χ0) is 18.7. The first-order valence-corrected chi connectivity index (χ1v) is 7.51. The molecule has 2 fully saturated rings. The summed E-state index contributed by atoms with van der Waals surface area (Å²) in [6, 6.07) is 0. The Balaban J connectivity index is 2.15. The molecule has 10 atom stereocenters. The van der Waals surface area contributed by atoms with Gasteiger partial charge in [-0.05, 0) is 0 Å². The summed E-state index contributed by atoms with van der Waals surface area (Å²) in [5, 5.41) is 67.9. The Morgan fingerprint density at radius 2 is 1.48 bits per heavy atom. The van der Waals surface area contributed by atoms with Crippen LogP contribution in [0.5, 0.6) is 0 Å². The fourth-order valence-electron chi connectivity index (χ4n) is 2.73. The van der Waals surface area contributed by atoms with E-state index in [1.165, 1.54) is 0 Å². The van der Waals surface area contributed by atoms with Crippen molar-refractivity contribution in [1.29, 1.82) is 0 Å². The summed E-state index contributed by atoms with van der Waals surface area (Å²) >= 11 is 0. The quantitative estimate of drug-likeness (QED) is 0.181. The lowest BCUT2D eigenvalue weighted by molar-refractivity contribution is -0.341. The zero-order valence-corrected chi connectivity index (χ0v) is 12.9. The normalized spacial score (nSPS) is 48.0. The van der Waals surface area contributed by atoms with Crippen molar-refractivity contribution in [2.24, 2.45) is 4.99 Å². The van der Waals surface area contributed by atoms with Crippen molar-refractivity contribution >= 4 is 6.08 Å². The minimum Gasteiger partial charge on any atom is -0.394 e. The van der Waals surface area contributed by atoms with Gasteiger partial charge in [-0.25, -0.2) is 4.79 Å². The number of nitrogens with zero attached hydrogens (tertiary/aromatic N) is 1. The Morgan fingerprint density at radius 1 is 0.840 bits per heavy atom. The summed E-state index contributed by atoms with van der Waals surface area (Å²) in [6.45, 7) is -1.38. The first kappa shape index (κ1) is 20.3. The van der Waals surface area contributed by atoms with Crippen LogP contribution >= 0.6 is 0 Å². The number of ether oxygens (including phenoxy) is 3. The van der Waals surface area contributed by atoms with E-state index in [0.717, 1.165) is 6.08 Å².